The van der Waals surface area contributed by atoms with E-state index in [1.807, 2.05) is 24.3 Å². The standard InChI is InChI=1S/C76H102N14O18S2/c1-40(2)76(10)73(108)87-60(43(5)92)69(104)84-55(62(77)98)39-110-38-47-15-11-14-46(32-47)37-109-31-27-57(95)85-61(74(6,7)8)70(105)83-54(34-45-20-24-50(94)25-21-45)71(106)90-30-13-17-56(90)67(102)86-59(42(4)91)68(103)82-53(35-48-36-79-63-51(48)16-12-29-78-63)65(100)88-75(9,28-26-58(96)97)72(107)80-41(3)64(99)81-52(66(101)89-76)33-44-18-22-49(93)23-19-44/h11-12,14-16,18-25,29,32,36,40-43,52-56,59-61,91-94H,13,17,26-28,30-31,33-35,37-39H2,1-10H3,(H2,77,98)(H,78,79)(H,80,107)(H,81,99)(H,82,103)(H,83,105)(H,84,104)(H,85,95)(H,86,102)(H,87,108)(H,88,100)(H,89,101)(H,96,97)/t41-,42+,43+,52-,53-,54-,55+,56-,59-,60-,61+,75-,76-/m0/s1. The van der Waals surface area contributed by atoms with E-state index in [0.29, 0.717) is 45.0 Å². The molecule has 0 radical (unpaired) electrons. The zero-order chi connectivity index (χ0) is 81.1. The number of fused-ring (bicyclic) bond motifs is 4. The molecule has 18 N–H and O–H groups in total. The Kier molecular flexibility index (Phi) is 30.7. The van der Waals surface area contributed by atoms with Crippen LogP contribution in [0, 0.1) is 11.3 Å². The fourth-order valence-electron chi connectivity index (χ4n) is 12.4. The molecule has 0 unspecified atom stereocenters. The van der Waals surface area contributed by atoms with Crippen LogP contribution in [0.5, 0.6) is 11.5 Å². The average Bonchev–Trinajstić information content (AvgIpc) is 1.31. The molecular weight excluding hydrogens is 1460 g/mol. The average molecular weight is 1560 g/mol. The van der Waals surface area contributed by atoms with Crippen molar-refractivity contribution in [1.29, 1.82) is 0 Å². The van der Waals surface area contributed by atoms with E-state index < -0.39 is 179 Å². The molecule has 12 amide bonds. The van der Waals surface area contributed by atoms with Crippen LogP contribution in [0.2, 0.25) is 0 Å². The number of pyridine rings is 1. The van der Waals surface area contributed by atoms with E-state index in [9.17, 15) is 78.3 Å². The molecule has 5 aromatic rings. The Morgan fingerprint density at radius 1 is 0.645 bits per heavy atom. The number of benzene rings is 3. The maximum Gasteiger partial charge on any atom is 0.303 e. The minimum absolute atomic E-state index is 0.00704. The minimum Gasteiger partial charge on any atom is -0.508 e. The van der Waals surface area contributed by atoms with Gasteiger partial charge in [-0.2, -0.15) is 23.5 Å². The summed E-state index contributed by atoms with van der Waals surface area (Å²) in [6.07, 6.45) is -2.23. The number of carbonyl (C=O) groups is 13. The summed E-state index contributed by atoms with van der Waals surface area (Å²) in [6, 6.07) is 8.48. The highest BCUT2D eigenvalue weighted by Gasteiger charge is 2.46. The second-order valence-corrected chi connectivity index (χ2v) is 31.8. The summed E-state index contributed by atoms with van der Waals surface area (Å²) in [4.78, 5) is 195. The summed E-state index contributed by atoms with van der Waals surface area (Å²) < 4.78 is 0. The first-order valence-corrected chi connectivity index (χ1v) is 38.5. The number of aromatic amines is 1. The normalized spacial score (nSPS) is 25.8. The minimum atomic E-state index is -2.25. The molecule has 3 aromatic carbocycles. The molecule has 1 saturated heterocycles. The smallest absolute Gasteiger partial charge is 0.303 e. The predicted molar refractivity (Wildman–Crippen MR) is 409 cm³/mol. The number of primary amides is 1. The fourth-order valence-corrected chi connectivity index (χ4v) is 14.3. The van der Waals surface area contributed by atoms with E-state index in [0.717, 1.165) is 11.1 Å². The van der Waals surface area contributed by atoms with Crippen LogP contribution >= 0.6 is 23.5 Å². The number of aliphatic hydroxyl groups excluding tert-OH is 2. The summed E-state index contributed by atoms with van der Waals surface area (Å²) in [5, 5.41) is 79.5. The molecule has 0 saturated carbocycles. The Labute approximate surface area is 645 Å². The highest BCUT2D eigenvalue weighted by molar-refractivity contribution is 7.98. The number of phenols is 2. The molecule has 0 aliphatic carbocycles. The molecule has 34 heteroatoms. The molecule has 13 atom stereocenters. The van der Waals surface area contributed by atoms with Crippen molar-refractivity contribution in [2.45, 2.75) is 210 Å². The van der Waals surface area contributed by atoms with Gasteiger partial charge < -0.3 is 94.3 Å². The summed E-state index contributed by atoms with van der Waals surface area (Å²) in [5.74, 6) is -12.5. The van der Waals surface area contributed by atoms with Crippen molar-refractivity contribution in [2.24, 2.45) is 17.1 Å². The van der Waals surface area contributed by atoms with Crippen LogP contribution in [0.15, 0.2) is 97.3 Å². The number of nitrogens with zero attached hydrogens (tertiary/aromatic N) is 2. The number of aromatic hydroxyl groups is 2. The van der Waals surface area contributed by atoms with Gasteiger partial charge in [-0.1, -0.05) is 83.1 Å². The Bertz CT molecular complexity index is 4160. The van der Waals surface area contributed by atoms with Gasteiger partial charge in [0.05, 0.1) is 12.2 Å². The number of amides is 12. The number of nitrogens with one attached hydrogen (secondary N) is 11. The first-order valence-electron chi connectivity index (χ1n) is 36.2. The zero-order valence-electron chi connectivity index (χ0n) is 63.2. The lowest BCUT2D eigenvalue weighted by atomic mass is 9.85. The van der Waals surface area contributed by atoms with E-state index in [1.165, 1.54) is 112 Å². The van der Waals surface area contributed by atoms with Crippen molar-refractivity contribution < 1.29 is 87.9 Å². The number of nitrogens with two attached hydrogens (primary N) is 1. The SMILES string of the molecule is CC(C)[C@]1(C)NC(=O)[C@H](Cc2ccc(O)cc2)NC(=O)[C@H](C)NC(=O)[C@](C)(CCC(=O)O)NC(=O)[C@H](Cc2c[nH]c3ncccc23)NC(=O)[C@H]([C@@H](C)O)NC(=O)[C@@H]2CCCN2C(=O)[C@H](Cc2ccc(O)cc2)NC(=O)[C@H](C(C)(C)C)NC(=O)CCSCc2cccc(c2)CSC[C@H](C(N)=O)NC(=O)[C@H]([C@@H](C)O)NC1=O. The number of aliphatic hydroxyl groups is 2. The Morgan fingerprint density at radius 2 is 1.21 bits per heavy atom. The Morgan fingerprint density at radius 3 is 1.80 bits per heavy atom. The predicted octanol–water partition coefficient (Wildman–Crippen LogP) is 1.03. The van der Waals surface area contributed by atoms with Gasteiger partial charge in [-0.3, -0.25) is 62.3 Å². The lowest BCUT2D eigenvalue weighted by Gasteiger charge is -2.36. The first kappa shape index (κ1) is 86.9. The van der Waals surface area contributed by atoms with Gasteiger partial charge in [-0.15, -0.1) is 0 Å². The van der Waals surface area contributed by atoms with Gasteiger partial charge in [-0.05, 0) is 129 Å². The van der Waals surface area contributed by atoms with Crippen LogP contribution < -0.4 is 58.9 Å². The van der Waals surface area contributed by atoms with Crippen molar-refractivity contribution >= 4 is 111 Å². The number of phenolic OH excluding ortho intramolecular Hbond substituents is 2. The molecule has 7 rings (SSSR count). The summed E-state index contributed by atoms with van der Waals surface area (Å²) in [6.45, 7) is 14.4. The largest absolute Gasteiger partial charge is 0.508 e. The number of hydrogen-bond acceptors (Lipinski definition) is 20. The molecule has 0 spiro atoms. The number of aliphatic carboxylic acids is 1. The lowest BCUT2D eigenvalue weighted by molar-refractivity contribution is -0.143. The molecule has 32 nitrogen and oxygen atoms in total. The molecule has 2 aromatic heterocycles. The third kappa shape index (κ3) is 24.1. The molecule has 4 heterocycles. The van der Waals surface area contributed by atoms with E-state index in [2.05, 4.69) is 63.1 Å². The molecule has 2 bridgehead atoms. The second-order valence-electron chi connectivity index (χ2n) is 29.7. The van der Waals surface area contributed by atoms with Gasteiger partial charge >= 0.3 is 5.97 Å². The summed E-state index contributed by atoms with van der Waals surface area (Å²) >= 11 is 2.69. The third-order valence-corrected chi connectivity index (χ3v) is 21.6. The van der Waals surface area contributed by atoms with Crippen molar-refractivity contribution in [3.8, 4) is 11.5 Å². The van der Waals surface area contributed by atoms with E-state index >= 15 is 9.59 Å². The molecular formula is C76H102N14O18S2. The van der Waals surface area contributed by atoms with Crippen LogP contribution in [-0.4, -0.2) is 213 Å². The monoisotopic (exact) mass is 1560 g/mol. The third-order valence-electron chi connectivity index (χ3n) is 19.4. The summed E-state index contributed by atoms with van der Waals surface area (Å²) in [5.41, 5.74) is 4.03. The number of hydrogen-bond donors (Lipinski definition) is 17. The number of aromatic nitrogens is 2. The van der Waals surface area contributed by atoms with E-state index in [-0.39, 0.29) is 62.3 Å². The van der Waals surface area contributed by atoms with Gasteiger partial charge in [0.15, 0.2) is 0 Å². The van der Waals surface area contributed by atoms with Crippen LogP contribution in [-0.2, 0) is 93.1 Å². The fraction of sp³-hybridized carbons (Fsp3) is 0.500. The number of rotatable bonds is 13. The van der Waals surface area contributed by atoms with E-state index in [1.54, 1.807) is 58.9 Å². The van der Waals surface area contributed by atoms with Crippen molar-refractivity contribution in [1.82, 2.24) is 68.0 Å². The molecule has 596 valence electrons. The molecule has 110 heavy (non-hydrogen) atoms. The van der Waals surface area contributed by atoms with Crippen molar-refractivity contribution in [2.75, 3.05) is 18.1 Å². The van der Waals surface area contributed by atoms with Gasteiger partial charge in [0, 0.05) is 79.4 Å². The maximum absolute atomic E-state index is 15.1. The van der Waals surface area contributed by atoms with Crippen LogP contribution in [0.4, 0.5) is 0 Å². The van der Waals surface area contributed by atoms with Gasteiger partial charge in [0.1, 0.15) is 82.6 Å². The second kappa shape index (κ2) is 38.8. The highest BCUT2D eigenvalue weighted by atomic mass is 32.2. The quantitative estimate of drug-likeness (QED) is 0.0782. The molecule has 2 aliphatic heterocycles. The zero-order valence-corrected chi connectivity index (χ0v) is 64.8. The van der Waals surface area contributed by atoms with Gasteiger partial charge in [0.25, 0.3) is 0 Å². The Balaban J connectivity index is 1.24. The Hall–Kier alpha value is -10.3. The lowest BCUT2D eigenvalue weighted by Crippen LogP contribution is -2.67. The topological polar surface area (TPSA) is 501 Å². The maximum atomic E-state index is 15.1. The number of thioether (sulfide) groups is 2. The van der Waals surface area contributed by atoms with Crippen LogP contribution in [0.1, 0.15) is 129 Å². The first-order chi connectivity index (χ1) is 51.8. The van der Waals surface area contributed by atoms with Gasteiger partial charge in [-0.25, -0.2) is 4.98 Å². The number of carbonyl (C=O) groups excluding carboxylic acids is 12. The highest BCUT2D eigenvalue weighted by Crippen LogP contribution is 2.27. The van der Waals surface area contributed by atoms with Crippen molar-refractivity contribution in [3.63, 3.8) is 0 Å². The summed E-state index contributed by atoms with van der Waals surface area (Å²) in [7, 11) is 0. The number of carboxylic acids is 1. The van der Waals surface area contributed by atoms with E-state index in [4.69, 9.17) is 5.73 Å². The van der Waals surface area contributed by atoms with Crippen LogP contribution in [0.25, 0.3) is 11.0 Å². The van der Waals surface area contributed by atoms with Crippen LogP contribution in [0.3, 0.4) is 0 Å². The van der Waals surface area contributed by atoms with Crippen molar-refractivity contribution in [3.05, 3.63) is 125 Å². The number of carboxylic acid groups (broad SMARTS) is 1. The number of H-pyrrole nitrogens is 1. The molecule has 1 fully saturated rings. The molecule has 2 aliphatic rings. The van der Waals surface area contributed by atoms with Gasteiger partial charge in [0.2, 0.25) is 70.9 Å².